The number of ether oxygens (including phenoxy) is 2. The molecule has 0 aliphatic carbocycles. The Bertz CT molecular complexity index is 444. The van der Waals surface area contributed by atoms with Gasteiger partial charge in [-0.25, -0.2) is 0 Å². The fourth-order valence-electron chi connectivity index (χ4n) is 1.85. The molecule has 1 N–H and O–H groups in total. The summed E-state index contributed by atoms with van der Waals surface area (Å²) in [6.45, 7) is 1.16. The van der Waals surface area contributed by atoms with Crippen LogP contribution in [-0.2, 0) is 6.42 Å². The van der Waals surface area contributed by atoms with Gasteiger partial charge in [-0.2, -0.15) is 0 Å². The van der Waals surface area contributed by atoms with E-state index in [1.165, 1.54) is 5.56 Å². The first kappa shape index (κ1) is 12.5. The second kappa shape index (κ2) is 5.62. The van der Waals surface area contributed by atoms with Crippen LogP contribution in [0.1, 0.15) is 5.56 Å². The topological polar surface area (TPSA) is 46.1 Å². The van der Waals surface area contributed by atoms with Crippen LogP contribution in [0.2, 0.25) is 0 Å². The van der Waals surface area contributed by atoms with E-state index in [0.717, 1.165) is 30.4 Å². The normalized spacial score (nSPS) is 13.6. The van der Waals surface area contributed by atoms with Crippen LogP contribution in [0.3, 0.4) is 0 Å². The molecule has 0 amide bonds. The summed E-state index contributed by atoms with van der Waals surface area (Å²) < 4.78 is 10.6. The molecular weight excluding hydrogens is 230 g/mol. The van der Waals surface area contributed by atoms with E-state index in [0.29, 0.717) is 6.79 Å². The maximum Gasteiger partial charge on any atom is 0.231 e. The minimum Gasteiger partial charge on any atom is -0.454 e. The molecule has 0 radical (unpaired) electrons. The van der Waals surface area contributed by atoms with Crippen molar-refractivity contribution in [2.45, 2.75) is 6.42 Å². The van der Waals surface area contributed by atoms with Crippen LogP contribution in [0.5, 0.6) is 11.5 Å². The minimum atomic E-state index is 0.324. The fourth-order valence-corrected chi connectivity index (χ4v) is 1.85. The fraction of sp³-hybridized carbons (Fsp3) is 0.462. The van der Waals surface area contributed by atoms with Gasteiger partial charge in [-0.15, -0.1) is 0 Å². The van der Waals surface area contributed by atoms with Crippen molar-refractivity contribution in [3.63, 3.8) is 0 Å². The Morgan fingerprint density at radius 1 is 1.33 bits per heavy atom. The molecule has 2 rings (SSSR count). The number of aliphatic imine (C=N–C) groups is 1. The zero-order chi connectivity index (χ0) is 13.0. The first-order valence-electron chi connectivity index (χ1n) is 5.97. The van der Waals surface area contributed by atoms with Crippen molar-refractivity contribution in [1.29, 1.82) is 0 Å². The summed E-state index contributed by atoms with van der Waals surface area (Å²) in [7, 11) is 5.72. The van der Waals surface area contributed by atoms with E-state index in [1.54, 1.807) is 7.05 Å². The number of hydrogen-bond acceptors (Lipinski definition) is 3. The number of rotatable bonds is 3. The Balaban J connectivity index is 1.87. The van der Waals surface area contributed by atoms with Crippen molar-refractivity contribution >= 4 is 5.96 Å². The molecular formula is C13H19N3O2. The molecule has 0 unspecified atom stereocenters. The Morgan fingerprint density at radius 3 is 2.83 bits per heavy atom. The molecule has 0 spiro atoms. The average molecular weight is 249 g/mol. The zero-order valence-electron chi connectivity index (χ0n) is 11.1. The highest BCUT2D eigenvalue weighted by molar-refractivity contribution is 5.79. The van der Waals surface area contributed by atoms with E-state index in [1.807, 2.05) is 31.1 Å². The predicted octanol–water partition coefficient (Wildman–Crippen LogP) is 1.09. The van der Waals surface area contributed by atoms with Gasteiger partial charge in [-0.05, 0) is 24.1 Å². The Morgan fingerprint density at radius 2 is 2.11 bits per heavy atom. The lowest BCUT2D eigenvalue weighted by molar-refractivity contribution is 0.174. The standard InChI is InChI=1S/C13H19N3O2/c1-14-13(16(2)3)15-7-6-10-4-5-11-12(8-10)18-9-17-11/h4-5,8H,6-7,9H2,1-3H3,(H,14,15). The summed E-state index contributed by atoms with van der Waals surface area (Å²) >= 11 is 0. The quantitative estimate of drug-likeness (QED) is 0.643. The monoisotopic (exact) mass is 249 g/mol. The van der Waals surface area contributed by atoms with Crippen LogP contribution in [0.15, 0.2) is 23.2 Å². The molecule has 18 heavy (non-hydrogen) atoms. The molecule has 1 heterocycles. The Hall–Kier alpha value is -1.91. The van der Waals surface area contributed by atoms with Crippen LogP contribution in [0.25, 0.3) is 0 Å². The third kappa shape index (κ3) is 2.85. The maximum atomic E-state index is 5.35. The predicted molar refractivity (Wildman–Crippen MR) is 71.3 cm³/mol. The molecule has 1 aliphatic rings. The second-order valence-corrected chi connectivity index (χ2v) is 4.31. The minimum absolute atomic E-state index is 0.324. The molecule has 0 bridgehead atoms. The number of fused-ring (bicyclic) bond motifs is 1. The molecule has 0 saturated carbocycles. The highest BCUT2D eigenvalue weighted by atomic mass is 16.7. The van der Waals surface area contributed by atoms with E-state index in [2.05, 4.69) is 16.4 Å². The van der Waals surface area contributed by atoms with Crippen molar-refractivity contribution in [3.8, 4) is 11.5 Å². The summed E-state index contributed by atoms with van der Waals surface area (Å²) in [5.41, 5.74) is 1.22. The lowest BCUT2D eigenvalue weighted by Gasteiger charge is -2.16. The van der Waals surface area contributed by atoms with Gasteiger partial charge in [0, 0.05) is 27.7 Å². The van der Waals surface area contributed by atoms with Crippen molar-refractivity contribution in [3.05, 3.63) is 23.8 Å². The summed E-state index contributed by atoms with van der Waals surface area (Å²) in [4.78, 5) is 6.12. The SMILES string of the molecule is CN=C(NCCc1ccc2c(c1)OCO2)N(C)C. The number of hydrogen-bond donors (Lipinski definition) is 1. The van der Waals surface area contributed by atoms with E-state index in [9.17, 15) is 0 Å². The van der Waals surface area contributed by atoms with Crippen molar-refractivity contribution in [2.24, 2.45) is 4.99 Å². The summed E-state index contributed by atoms with van der Waals surface area (Å²) in [6.07, 6.45) is 0.920. The molecule has 0 saturated heterocycles. The first-order chi connectivity index (χ1) is 8.70. The van der Waals surface area contributed by atoms with E-state index in [4.69, 9.17) is 9.47 Å². The molecule has 5 heteroatoms. The van der Waals surface area contributed by atoms with Crippen LogP contribution in [0.4, 0.5) is 0 Å². The van der Waals surface area contributed by atoms with Crippen LogP contribution >= 0.6 is 0 Å². The Kier molecular flexibility index (Phi) is 3.92. The largest absolute Gasteiger partial charge is 0.454 e. The maximum absolute atomic E-state index is 5.35. The zero-order valence-corrected chi connectivity index (χ0v) is 11.1. The summed E-state index contributed by atoms with van der Waals surface area (Å²) in [6, 6.07) is 6.05. The lowest BCUT2D eigenvalue weighted by atomic mass is 10.1. The second-order valence-electron chi connectivity index (χ2n) is 4.31. The summed E-state index contributed by atoms with van der Waals surface area (Å²) in [5, 5.41) is 3.29. The van der Waals surface area contributed by atoms with Crippen molar-refractivity contribution < 1.29 is 9.47 Å². The van der Waals surface area contributed by atoms with Gasteiger partial charge in [0.2, 0.25) is 6.79 Å². The van der Waals surface area contributed by atoms with E-state index in [-0.39, 0.29) is 0 Å². The third-order valence-electron chi connectivity index (χ3n) is 2.77. The molecule has 1 aliphatic heterocycles. The molecule has 1 aromatic carbocycles. The van der Waals surface area contributed by atoms with Gasteiger partial charge >= 0.3 is 0 Å². The van der Waals surface area contributed by atoms with Gasteiger partial charge in [0.25, 0.3) is 0 Å². The average Bonchev–Trinajstić information content (AvgIpc) is 2.81. The Labute approximate surface area is 107 Å². The molecule has 0 atom stereocenters. The highest BCUT2D eigenvalue weighted by Gasteiger charge is 2.12. The molecule has 0 aromatic heterocycles. The van der Waals surface area contributed by atoms with Crippen molar-refractivity contribution in [2.75, 3.05) is 34.5 Å². The number of nitrogens with one attached hydrogen (secondary N) is 1. The van der Waals surface area contributed by atoms with Gasteiger partial charge in [-0.1, -0.05) is 6.07 Å². The first-order valence-corrected chi connectivity index (χ1v) is 5.97. The van der Waals surface area contributed by atoms with Crippen LogP contribution in [0, 0.1) is 0 Å². The molecule has 5 nitrogen and oxygen atoms in total. The van der Waals surface area contributed by atoms with Crippen LogP contribution in [-0.4, -0.2) is 45.3 Å². The molecule has 0 fully saturated rings. The van der Waals surface area contributed by atoms with Gasteiger partial charge in [-0.3, -0.25) is 4.99 Å². The lowest BCUT2D eigenvalue weighted by Crippen LogP contribution is -2.37. The van der Waals surface area contributed by atoms with Gasteiger partial charge < -0.3 is 19.7 Å². The van der Waals surface area contributed by atoms with Crippen molar-refractivity contribution in [1.82, 2.24) is 10.2 Å². The highest BCUT2D eigenvalue weighted by Crippen LogP contribution is 2.32. The third-order valence-corrected chi connectivity index (χ3v) is 2.77. The van der Waals surface area contributed by atoms with Gasteiger partial charge in [0.15, 0.2) is 17.5 Å². The molecule has 1 aromatic rings. The smallest absolute Gasteiger partial charge is 0.231 e. The summed E-state index contributed by atoms with van der Waals surface area (Å²) in [5.74, 6) is 2.55. The number of guanidine groups is 1. The van der Waals surface area contributed by atoms with Gasteiger partial charge in [0.1, 0.15) is 0 Å². The molecule has 98 valence electrons. The number of nitrogens with zero attached hydrogens (tertiary/aromatic N) is 2. The van der Waals surface area contributed by atoms with Crippen LogP contribution < -0.4 is 14.8 Å². The van der Waals surface area contributed by atoms with Gasteiger partial charge in [0.05, 0.1) is 0 Å². The van der Waals surface area contributed by atoms with E-state index >= 15 is 0 Å². The number of benzene rings is 1. The van der Waals surface area contributed by atoms with E-state index < -0.39 is 0 Å².